The Bertz CT molecular complexity index is 1460. The summed E-state index contributed by atoms with van der Waals surface area (Å²) >= 11 is 0. The largest absolute Gasteiger partial charge is 0.472 e. The molecule has 0 radical (unpaired) electrons. The molecule has 0 amide bonds. The summed E-state index contributed by atoms with van der Waals surface area (Å²) in [6.07, 6.45) is 76.3. The van der Waals surface area contributed by atoms with Crippen LogP contribution in [0.25, 0.3) is 0 Å². The third kappa shape index (κ3) is 63.2. The maximum Gasteiger partial charge on any atom is 0.472 e. The van der Waals surface area contributed by atoms with Crippen LogP contribution < -0.4 is 0 Å². The molecule has 0 aromatic heterocycles. The average molecular weight is 1120 g/mol. The highest BCUT2D eigenvalue weighted by Crippen LogP contribution is 2.43. The molecule has 0 aromatic rings. The Labute approximate surface area is 484 Å². The van der Waals surface area contributed by atoms with Gasteiger partial charge in [0.15, 0.2) is 6.10 Å². The second-order valence-corrected chi connectivity index (χ2v) is 25.3. The molecule has 0 bridgehead atoms. The van der Waals surface area contributed by atoms with Crippen molar-refractivity contribution in [1.82, 2.24) is 0 Å². The van der Waals surface area contributed by atoms with Crippen molar-refractivity contribution < 1.29 is 42.1 Å². The molecule has 9 nitrogen and oxygen atoms in total. The third-order valence-electron chi connectivity index (χ3n) is 14.8. The quantitative estimate of drug-likeness (QED) is 0.0211. The van der Waals surface area contributed by atoms with E-state index in [-0.39, 0.29) is 25.6 Å². The van der Waals surface area contributed by atoms with Crippen LogP contribution in [-0.4, -0.2) is 74.9 Å². The first-order chi connectivity index (χ1) is 38.0. The zero-order chi connectivity index (χ0) is 57.0. The van der Waals surface area contributed by atoms with Crippen LogP contribution in [0.2, 0.25) is 0 Å². The molecule has 10 heteroatoms. The van der Waals surface area contributed by atoms with Gasteiger partial charge in [-0.25, -0.2) is 4.57 Å². The molecule has 0 saturated heterocycles. The summed E-state index contributed by atoms with van der Waals surface area (Å²) in [5.41, 5.74) is 0. The van der Waals surface area contributed by atoms with Gasteiger partial charge in [-0.05, 0) is 77.0 Å². The van der Waals surface area contributed by atoms with Gasteiger partial charge in [0.1, 0.15) is 19.8 Å². The Morgan fingerprint density at radius 3 is 1.04 bits per heavy atom. The first kappa shape index (κ1) is 76.0. The number of carbonyl (C=O) groups excluding carboxylic acids is 2. The van der Waals surface area contributed by atoms with Crippen molar-refractivity contribution in [3.05, 3.63) is 48.6 Å². The highest BCUT2D eigenvalue weighted by atomic mass is 31.2. The van der Waals surface area contributed by atoms with Crippen LogP contribution in [0.4, 0.5) is 0 Å². The Hall–Kier alpha value is -2.03. The summed E-state index contributed by atoms with van der Waals surface area (Å²) in [5, 5.41) is 0. The number of hydrogen-bond donors (Lipinski definition) is 1. The SMILES string of the molecule is CCCCCCC/C=C\C/C=C\C/C=C\CCCCCCCCCCC(=O)OC(COC(=O)CCCCCCCCCCCCCCCCCCCCC/C=C\CCCCCCCCCC)COP(=O)(O)OCC[N+](C)(C)C. The molecule has 0 aliphatic rings. The smallest absolute Gasteiger partial charge is 0.462 e. The molecule has 0 rings (SSSR count). The lowest BCUT2D eigenvalue weighted by atomic mass is 10.0. The topological polar surface area (TPSA) is 108 Å². The lowest BCUT2D eigenvalue weighted by Gasteiger charge is -2.24. The van der Waals surface area contributed by atoms with Crippen molar-refractivity contribution in [2.24, 2.45) is 0 Å². The Morgan fingerprint density at radius 1 is 0.397 bits per heavy atom. The number of hydrogen-bond acceptors (Lipinski definition) is 7. The van der Waals surface area contributed by atoms with Crippen LogP contribution >= 0.6 is 7.82 Å². The fourth-order valence-corrected chi connectivity index (χ4v) is 10.4. The molecule has 0 heterocycles. The van der Waals surface area contributed by atoms with E-state index < -0.39 is 26.5 Å². The van der Waals surface area contributed by atoms with Gasteiger partial charge in [-0.3, -0.25) is 18.6 Å². The zero-order valence-corrected chi connectivity index (χ0v) is 53.1. The van der Waals surface area contributed by atoms with Crippen molar-refractivity contribution in [1.29, 1.82) is 0 Å². The second-order valence-electron chi connectivity index (χ2n) is 23.9. The van der Waals surface area contributed by atoms with Gasteiger partial charge >= 0.3 is 19.8 Å². The van der Waals surface area contributed by atoms with Crippen LogP contribution in [0.3, 0.4) is 0 Å². The molecule has 458 valence electrons. The first-order valence-corrected chi connectivity index (χ1v) is 34.9. The lowest BCUT2D eigenvalue weighted by molar-refractivity contribution is -0.870. The molecule has 2 unspecified atom stereocenters. The Balaban J connectivity index is 4.04. The summed E-state index contributed by atoms with van der Waals surface area (Å²) in [4.78, 5) is 35.8. The maximum absolute atomic E-state index is 12.8. The average Bonchev–Trinajstić information content (AvgIpc) is 3.40. The summed E-state index contributed by atoms with van der Waals surface area (Å²) in [6, 6.07) is 0. The number of nitrogens with zero attached hydrogens (tertiary/aromatic N) is 1. The van der Waals surface area contributed by atoms with Crippen LogP contribution in [0.5, 0.6) is 0 Å². The lowest BCUT2D eigenvalue weighted by Crippen LogP contribution is -2.37. The Morgan fingerprint density at radius 2 is 0.692 bits per heavy atom. The molecule has 1 N–H and O–H groups in total. The van der Waals surface area contributed by atoms with Crippen LogP contribution in [-0.2, 0) is 32.7 Å². The molecule has 0 fully saturated rings. The van der Waals surface area contributed by atoms with Crippen molar-refractivity contribution in [2.75, 3.05) is 47.5 Å². The molecule has 0 aliphatic carbocycles. The van der Waals surface area contributed by atoms with Gasteiger partial charge in [0, 0.05) is 12.8 Å². The minimum atomic E-state index is -4.39. The van der Waals surface area contributed by atoms with Gasteiger partial charge in [-0.1, -0.05) is 281 Å². The molecule has 78 heavy (non-hydrogen) atoms. The van der Waals surface area contributed by atoms with Gasteiger partial charge in [0.25, 0.3) is 0 Å². The normalized spacial score (nSPS) is 13.5. The van der Waals surface area contributed by atoms with E-state index in [4.69, 9.17) is 18.5 Å². The fraction of sp³-hybridized carbons (Fsp3) is 0.853. The number of quaternary nitrogens is 1. The van der Waals surface area contributed by atoms with E-state index in [2.05, 4.69) is 62.5 Å². The number of rotatable bonds is 62. The third-order valence-corrected chi connectivity index (χ3v) is 15.8. The predicted octanol–water partition coefficient (Wildman–Crippen LogP) is 21.3. The minimum absolute atomic E-state index is 0.0305. The summed E-state index contributed by atoms with van der Waals surface area (Å²) in [5.74, 6) is -0.792. The van der Waals surface area contributed by atoms with Crippen molar-refractivity contribution in [3.8, 4) is 0 Å². The number of likely N-dealkylation sites (N-methyl/N-ethyl adjacent to an activating group) is 1. The molecule has 2 atom stereocenters. The number of ether oxygens (including phenoxy) is 2. The number of esters is 2. The van der Waals surface area contributed by atoms with E-state index >= 15 is 0 Å². The fourth-order valence-electron chi connectivity index (χ4n) is 9.67. The van der Waals surface area contributed by atoms with E-state index in [1.54, 1.807) is 0 Å². The number of phosphoric ester groups is 1. The van der Waals surface area contributed by atoms with Gasteiger partial charge in [0.05, 0.1) is 27.7 Å². The summed E-state index contributed by atoms with van der Waals surface area (Å²) < 4.78 is 34.7. The van der Waals surface area contributed by atoms with E-state index in [9.17, 15) is 19.0 Å². The Kier molecular flexibility index (Phi) is 58.0. The molecular formula is C68H129NO8P+. The van der Waals surface area contributed by atoms with Gasteiger partial charge in [-0.15, -0.1) is 0 Å². The van der Waals surface area contributed by atoms with Crippen molar-refractivity contribution >= 4 is 19.8 Å². The predicted molar refractivity (Wildman–Crippen MR) is 335 cm³/mol. The molecule has 0 saturated carbocycles. The van der Waals surface area contributed by atoms with E-state index in [1.165, 1.54) is 231 Å². The highest BCUT2D eigenvalue weighted by molar-refractivity contribution is 7.47. The van der Waals surface area contributed by atoms with Crippen LogP contribution in [0.1, 0.15) is 322 Å². The molecule has 0 aliphatic heterocycles. The monoisotopic (exact) mass is 1120 g/mol. The van der Waals surface area contributed by atoms with Gasteiger partial charge in [-0.2, -0.15) is 0 Å². The number of allylic oxidation sites excluding steroid dienone is 8. The van der Waals surface area contributed by atoms with E-state index in [0.29, 0.717) is 23.9 Å². The van der Waals surface area contributed by atoms with E-state index in [0.717, 1.165) is 57.8 Å². The maximum atomic E-state index is 12.8. The van der Waals surface area contributed by atoms with E-state index in [1.807, 2.05) is 21.1 Å². The summed E-state index contributed by atoms with van der Waals surface area (Å²) in [6.45, 7) is 4.46. The number of phosphoric acid groups is 1. The van der Waals surface area contributed by atoms with Crippen LogP contribution in [0, 0.1) is 0 Å². The van der Waals surface area contributed by atoms with Crippen molar-refractivity contribution in [3.63, 3.8) is 0 Å². The zero-order valence-electron chi connectivity index (χ0n) is 52.2. The molecule has 0 aromatic carbocycles. The molecule has 0 spiro atoms. The van der Waals surface area contributed by atoms with Gasteiger partial charge in [0.2, 0.25) is 0 Å². The highest BCUT2D eigenvalue weighted by Gasteiger charge is 2.27. The minimum Gasteiger partial charge on any atom is -0.462 e. The van der Waals surface area contributed by atoms with Crippen LogP contribution in [0.15, 0.2) is 48.6 Å². The standard InChI is InChI=1S/C68H128NO8P/c1-6-8-10-12-14-16-18-20-22-24-26-28-30-31-32-33-34-35-36-37-39-40-42-44-46-48-50-52-54-56-58-60-67(70)74-64-66(65-76-78(72,73)75-63-62-69(3,4)5)77-68(71)61-59-57-55-53-51-49-47-45-43-41-38-29-27-25-23-21-19-17-15-13-11-9-7-2/h19,21,24-27,38,41,66H,6-18,20,22-23,28-37,39-40,42-65H2,1-5H3/p+1/b21-19-,26-24-,27-25-,41-38-. The number of carbonyl (C=O) groups is 2. The second kappa shape index (κ2) is 59.6. The summed E-state index contributed by atoms with van der Waals surface area (Å²) in [7, 11) is 1.48. The molecular weight excluding hydrogens is 990 g/mol. The number of unbranched alkanes of at least 4 members (excludes halogenated alkanes) is 40. The van der Waals surface area contributed by atoms with Gasteiger partial charge < -0.3 is 18.9 Å². The first-order valence-electron chi connectivity index (χ1n) is 33.4. The van der Waals surface area contributed by atoms with Crippen molar-refractivity contribution in [2.45, 2.75) is 328 Å².